The summed E-state index contributed by atoms with van der Waals surface area (Å²) in [5.41, 5.74) is 1.34. The minimum absolute atomic E-state index is 0.0551. The van der Waals surface area contributed by atoms with Gasteiger partial charge in [0.05, 0.1) is 28.4 Å². The molecule has 0 saturated carbocycles. The second-order valence-electron chi connectivity index (χ2n) is 6.12. The second-order valence-corrected chi connectivity index (χ2v) is 6.12. The number of rotatable bonds is 7. The molecule has 1 heterocycles. The van der Waals surface area contributed by atoms with E-state index in [-0.39, 0.29) is 13.4 Å². The van der Waals surface area contributed by atoms with Crippen LogP contribution in [0.5, 0.6) is 34.5 Å². The first-order valence-electron chi connectivity index (χ1n) is 9.22. The Balaban J connectivity index is 1.61. The SMILES string of the molecule is COc1cc(C#CC(=O)OC/C=C/c2cc(OC)c3c(c2)OCO3)cc(OC)c1OC. The molecule has 0 aliphatic carbocycles. The Labute approximate surface area is 180 Å². The van der Waals surface area contributed by atoms with E-state index in [9.17, 15) is 4.79 Å². The molecule has 0 amide bonds. The molecule has 3 rings (SSSR count). The fourth-order valence-electron chi connectivity index (χ4n) is 2.87. The number of methoxy groups -OCH3 is 4. The average Bonchev–Trinajstić information content (AvgIpc) is 3.27. The summed E-state index contributed by atoms with van der Waals surface area (Å²) in [4.78, 5) is 11.9. The Hall–Kier alpha value is -3.99. The van der Waals surface area contributed by atoms with Gasteiger partial charge in [-0.25, -0.2) is 4.79 Å². The summed E-state index contributed by atoms with van der Waals surface area (Å²) in [7, 11) is 6.07. The van der Waals surface area contributed by atoms with E-state index in [1.54, 1.807) is 37.5 Å². The minimum atomic E-state index is -0.665. The molecule has 1 aliphatic rings. The molecule has 8 heteroatoms. The number of hydrogen-bond acceptors (Lipinski definition) is 8. The average molecular weight is 426 g/mol. The van der Waals surface area contributed by atoms with E-state index in [1.807, 2.05) is 6.07 Å². The third-order valence-corrected chi connectivity index (χ3v) is 4.28. The Morgan fingerprint density at radius 3 is 2.32 bits per heavy atom. The highest BCUT2D eigenvalue weighted by Gasteiger charge is 2.19. The number of fused-ring (bicyclic) bond motifs is 1. The topological polar surface area (TPSA) is 81.7 Å². The van der Waals surface area contributed by atoms with E-state index in [0.717, 1.165) is 5.56 Å². The molecule has 0 spiro atoms. The summed E-state index contributed by atoms with van der Waals surface area (Å²) >= 11 is 0. The van der Waals surface area contributed by atoms with Crippen molar-refractivity contribution in [2.24, 2.45) is 0 Å². The summed E-state index contributed by atoms with van der Waals surface area (Å²) in [6.07, 6.45) is 3.47. The Bertz CT molecular complexity index is 1020. The van der Waals surface area contributed by atoms with Gasteiger partial charge in [0.1, 0.15) is 6.61 Å². The summed E-state index contributed by atoms with van der Waals surface area (Å²) in [6, 6.07) is 6.91. The van der Waals surface area contributed by atoms with Crippen molar-refractivity contribution in [1.82, 2.24) is 0 Å². The molecule has 162 valence electrons. The van der Waals surface area contributed by atoms with Crippen LogP contribution in [-0.2, 0) is 9.53 Å². The van der Waals surface area contributed by atoms with Gasteiger partial charge >= 0.3 is 5.97 Å². The highest BCUT2D eigenvalue weighted by molar-refractivity contribution is 5.89. The standard InChI is InChI=1S/C23H22O8/c1-25-17-11-16(12-18(26-2)22(17)28-4)7-8-21(24)29-9-5-6-15-10-19(27-3)23-20(13-15)30-14-31-23/h5-6,10-13H,9,14H2,1-4H3/b6-5+. The molecule has 0 fully saturated rings. The molecule has 0 bridgehead atoms. The molecule has 8 nitrogen and oxygen atoms in total. The van der Waals surface area contributed by atoms with Crippen LogP contribution >= 0.6 is 0 Å². The molecule has 2 aromatic rings. The van der Waals surface area contributed by atoms with E-state index < -0.39 is 5.97 Å². The van der Waals surface area contributed by atoms with Crippen molar-refractivity contribution in [1.29, 1.82) is 0 Å². The maximum atomic E-state index is 11.9. The number of carbonyl (C=O) groups excluding carboxylic acids is 1. The van der Waals surface area contributed by atoms with Crippen molar-refractivity contribution < 1.29 is 38.0 Å². The predicted octanol–water partition coefficient (Wildman–Crippen LogP) is 3.06. The van der Waals surface area contributed by atoms with Crippen molar-refractivity contribution in [3.63, 3.8) is 0 Å². The van der Waals surface area contributed by atoms with Crippen LogP contribution in [0.1, 0.15) is 11.1 Å². The second kappa shape index (κ2) is 10.2. The molecule has 0 saturated heterocycles. The first kappa shape index (κ1) is 21.7. The smallest absolute Gasteiger partial charge is 0.385 e. The van der Waals surface area contributed by atoms with Crippen LogP contribution in [0.15, 0.2) is 30.3 Å². The van der Waals surface area contributed by atoms with E-state index in [2.05, 4.69) is 11.8 Å². The fraction of sp³-hybridized carbons (Fsp3) is 0.261. The van der Waals surface area contributed by atoms with Gasteiger partial charge in [-0.3, -0.25) is 0 Å². The third kappa shape index (κ3) is 5.14. The summed E-state index contributed by atoms with van der Waals surface area (Å²) in [5.74, 6) is 7.60. The zero-order valence-corrected chi connectivity index (χ0v) is 17.6. The number of hydrogen-bond donors (Lipinski definition) is 0. The first-order chi connectivity index (χ1) is 15.1. The van der Waals surface area contributed by atoms with Crippen molar-refractivity contribution in [2.45, 2.75) is 0 Å². The first-order valence-corrected chi connectivity index (χ1v) is 9.22. The van der Waals surface area contributed by atoms with Gasteiger partial charge in [-0.05, 0) is 35.9 Å². The van der Waals surface area contributed by atoms with E-state index in [0.29, 0.717) is 40.1 Å². The van der Waals surface area contributed by atoms with Gasteiger partial charge < -0.3 is 33.2 Å². The molecule has 0 unspecified atom stereocenters. The molecule has 0 atom stereocenters. The van der Waals surface area contributed by atoms with Crippen LogP contribution in [0.2, 0.25) is 0 Å². The third-order valence-electron chi connectivity index (χ3n) is 4.28. The molecule has 0 N–H and O–H groups in total. The van der Waals surface area contributed by atoms with Gasteiger partial charge in [-0.2, -0.15) is 0 Å². The molecular formula is C23H22O8. The lowest BCUT2D eigenvalue weighted by atomic mass is 10.1. The van der Waals surface area contributed by atoms with Gasteiger partial charge in [-0.15, -0.1) is 0 Å². The molecule has 1 aliphatic heterocycles. The lowest BCUT2D eigenvalue weighted by Gasteiger charge is -2.12. The van der Waals surface area contributed by atoms with Crippen molar-refractivity contribution >= 4 is 12.0 Å². The molecule has 0 aromatic heterocycles. The zero-order chi connectivity index (χ0) is 22.2. The van der Waals surface area contributed by atoms with Gasteiger partial charge in [0.15, 0.2) is 23.0 Å². The van der Waals surface area contributed by atoms with Crippen molar-refractivity contribution in [3.05, 3.63) is 41.5 Å². The van der Waals surface area contributed by atoms with Crippen LogP contribution in [0, 0.1) is 11.8 Å². The number of ether oxygens (including phenoxy) is 7. The summed E-state index contributed by atoms with van der Waals surface area (Å²) in [5, 5.41) is 0. The number of benzene rings is 2. The molecule has 2 aromatic carbocycles. The van der Waals surface area contributed by atoms with E-state index >= 15 is 0 Å². The zero-order valence-electron chi connectivity index (χ0n) is 17.6. The Morgan fingerprint density at radius 2 is 1.68 bits per heavy atom. The molecular weight excluding hydrogens is 404 g/mol. The quantitative estimate of drug-likeness (QED) is 0.494. The van der Waals surface area contributed by atoms with Gasteiger partial charge in [0.25, 0.3) is 0 Å². The van der Waals surface area contributed by atoms with Crippen LogP contribution < -0.4 is 28.4 Å². The number of esters is 1. The minimum Gasteiger partial charge on any atom is -0.493 e. The fourth-order valence-corrected chi connectivity index (χ4v) is 2.87. The van der Waals surface area contributed by atoms with Crippen LogP contribution in [0.4, 0.5) is 0 Å². The highest BCUT2D eigenvalue weighted by atomic mass is 16.7. The predicted molar refractivity (Wildman–Crippen MR) is 112 cm³/mol. The highest BCUT2D eigenvalue weighted by Crippen LogP contribution is 2.42. The summed E-state index contributed by atoms with van der Waals surface area (Å²) < 4.78 is 37.0. The lowest BCUT2D eigenvalue weighted by molar-refractivity contribution is -0.135. The van der Waals surface area contributed by atoms with Crippen LogP contribution in [-0.4, -0.2) is 47.8 Å². The van der Waals surface area contributed by atoms with Gasteiger partial charge in [0, 0.05) is 11.5 Å². The maximum Gasteiger partial charge on any atom is 0.385 e. The normalized spacial score (nSPS) is 11.5. The van der Waals surface area contributed by atoms with E-state index in [1.165, 1.54) is 21.3 Å². The Morgan fingerprint density at radius 1 is 0.968 bits per heavy atom. The van der Waals surface area contributed by atoms with Gasteiger partial charge in [0.2, 0.25) is 18.3 Å². The largest absolute Gasteiger partial charge is 0.493 e. The molecule has 31 heavy (non-hydrogen) atoms. The Kier molecular flexibility index (Phi) is 7.12. The number of carbonyl (C=O) groups is 1. The van der Waals surface area contributed by atoms with Crippen LogP contribution in [0.25, 0.3) is 6.08 Å². The summed E-state index contributed by atoms with van der Waals surface area (Å²) in [6.45, 7) is 0.209. The lowest BCUT2D eigenvalue weighted by Crippen LogP contribution is -2.01. The van der Waals surface area contributed by atoms with Crippen molar-refractivity contribution in [3.8, 4) is 46.3 Å². The molecule has 0 radical (unpaired) electrons. The van der Waals surface area contributed by atoms with Crippen LogP contribution in [0.3, 0.4) is 0 Å². The van der Waals surface area contributed by atoms with E-state index in [4.69, 9.17) is 33.2 Å². The van der Waals surface area contributed by atoms with Crippen molar-refractivity contribution in [2.75, 3.05) is 41.8 Å². The monoisotopic (exact) mass is 426 g/mol. The van der Waals surface area contributed by atoms with Gasteiger partial charge in [-0.1, -0.05) is 12.0 Å². The maximum absolute atomic E-state index is 11.9.